The van der Waals surface area contributed by atoms with Gasteiger partial charge >= 0.3 is 63.0 Å². The van der Waals surface area contributed by atoms with Gasteiger partial charge in [-0.25, -0.2) is 0 Å². The zero-order valence-corrected chi connectivity index (χ0v) is 8.09. The fourth-order valence-corrected chi connectivity index (χ4v) is 1.20. The minimum atomic E-state index is 0.986. The second kappa shape index (κ2) is 5.32. The Hall–Kier alpha value is 0.180. The van der Waals surface area contributed by atoms with Crippen molar-refractivity contribution in [2.75, 3.05) is 13.1 Å². The van der Waals surface area contributed by atoms with E-state index in [2.05, 4.69) is 16.5 Å². The Morgan fingerprint density at radius 1 is 1.25 bits per heavy atom. The predicted octanol–water partition coefficient (Wildman–Crippen LogP) is 1.12. The molecular formula is C6H10NTa. The average molecular weight is 277 g/mol. The van der Waals surface area contributed by atoms with Gasteiger partial charge in [0.2, 0.25) is 0 Å². The predicted molar refractivity (Wildman–Crippen MR) is 32.0 cm³/mol. The Bertz CT molecular complexity index is 70.6. The Kier molecular flexibility index (Phi) is 5.44. The van der Waals surface area contributed by atoms with Crippen LogP contribution in [0, 0.1) is 0 Å². The van der Waals surface area contributed by atoms with Gasteiger partial charge in [0.15, 0.2) is 0 Å². The molecule has 0 aromatic heterocycles. The quantitative estimate of drug-likeness (QED) is 0.696. The summed E-state index contributed by atoms with van der Waals surface area (Å²) < 4.78 is 2.24. The van der Waals surface area contributed by atoms with Crippen molar-refractivity contribution in [3.63, 3.8) is 0 Å². The number of rotatable bonds is 4. The molecule has 0 aliphatic carbocycles. The van der Waals surface area contributed by atoms with Crippen molar-refractivity contribution in [3.05, 3.63) is 25.3 Å². The second-order valence-corrected chi connectivity index (χ2v) is 3.48. The van der Waals surface area contributed by atoms with Crippen molar-refractivity contribution >= 4 is 0 Å². The molecule has 0 N–H and O–H groups in total. The van der Waals surface area contributed by atoms with Gasteiger partial charge in [0.25, 0.3) is 0 Å². The van der Waals surface area contributed by atoms with Crippen LogP contribution in [0.15, 0.2) is 25.3 Å². The fraction of sp³-hybridized carbons (Fsp3) is 0.333. The first-order valence-corrected chi connectivity index (χ1v) is 3.90. The average Bonchev–Trinajstić information content (AvgIpc) is 1.68. The number of nitrogens with zero attached hydrogens (tertiary/aromatic N) is 1. The molecule has 0 rings (SSSR count). The summed E-state index contributed by atoms with van der Waals surface area (Å²) >= 11 is 1.29. The van der Waals surface area contributed by atoms with Crippen LogP contribution < -0.4 is 0 Å². The third-order valence-corrected chi connectivity index (χ3v) is 1.85. The first-order valence-electron chi connectivity index (χ1n) is 2.47. The SMILES string of the molecule is C=CC[N]([Ta])CC=C. The molecule has 8 heavy (non-hydrogen) atoms. The molecule has 0 aliphatic rings. The summed E-state index contributed by atoms with van der Waals surface area (Å²) in [4.78, 5) is 0. The molecule has 0 saturated heterocycles. The van der Waals surface area contributed by atoms with E-state index in [4.69, 9.17) is 0 Å². The van der Waals surface area contributed by atoms with Crippen LogP contribution in [0.4, 0.5) is 0 Å². The summed E-state index contributed by atoms with van der Waals surface area (Å²) in [6.45, 7) is 9.22. The Balaban J connectivity index is 3.16. The van der Waals surface area contributed by atoms with Gasteiger partial charge in [-0.05, 0) is 0 Å². The fourth-order valence-electron chi connectivity index (χ4n) is 0.373. The maximum atomic E-state index is 3.62. The second-order valence-electron chi connectivity index (χ2n) is 1.45. The Labute approximate surface area is 63.3 Å². The zero-order chi connectivity index (χ0) is 6.41. The van der Waals surface area contributed by atoms with E-state index < -0.39 is 0 Å². The van der Waals surface area contributed by atoms with E-state index in [-0.39, 0.29) is 0 Å². The third kappa shape index (κ3) is 4.34. The monoisotopic (exact) mass is 277 g/mol. The molecule has 2 heteroatoms. The van der Waals surface area contributed by atoms with Crippen molar-refractivity contribution in [3.8, 4) is 0 Å². The summed E-state index contributed by atoms with van der Waals surface area (Å²) in [6, 6.07) is 0. The molecule has 0 aliphatic heterocycles. The van der Waals surface area contributed by atoms with Gasteiger partial charge < -0.3 is 0 Å². The molecule has 1 nitrogen and oxygen atoms in total. The molecule has 0 fully saturated rings. The first kappa shape index (κ1) is 8.18. The van der Waals surface area contributed by atoms with E-state index >= 15 is 0 Å². The van der Waals surface area contributed by atoms with Crippen LogP contribution in [0.2, 0.25) is 0 Å². The van der Waals surface area contributed by atoms with Crippen molar-refractivity contribution in [1.29, 1.82) is 0 Å². The minimum absolute atomic E-state index is 0.986. The van der Waals surface area contributed by atoms with E-state index in [1.165, 1.54) is 21.3 Å². The normalized spacial score (nSPS) is 9.12. The Morgan fingerprint density at radius 3 is 1.88 bits per heavy atom. The molecule has 0 saturated carbocycles. The van der Waals surface area contributed by atoms with Crippen LogP contribution in [0.3, 0.4) is 0 Å². The first-order chi connectivity index (χ1) is 3.81. The van der Waals surface area contributed by atoms with E-state index in [1.54, 1.807) is 0 Å². The summed E-state index contributed by atoms with van der Waals surface area (Å²) in [5, 5.41) is 0. The zero-order valence-electron chi connectivity index (χ0n) is 4.88. The molecule has 0 radical (unpaired) electrons. The molecule has 0 aromatic rings. The van der Waals surface area contributed by atoms with Gasteiger partial charge in [-0.3, -0.25) is 0 Å². The summed E-state index contributed by atoms with van der Waals surface area (Å²) in [5.41, 5.74) is 0. The molecule has 0 amide bonds. The summed E-state index contributed by atoms with van der Waals surface area (Å²) in [7, 11) is 0. The van der Waals surface area contributed by atoms with Crippen LogP contribution in [0.1, 0.15) is 0 Å². The molecule has 0 aromatic carbocycles. The van der Waals surface area contributed by atoms with Crippen LogP contribution >= 0.6 is 0 Å². The molecule has 0 atom stereocenters. The van der Waals surface area contributed by atoms with Gasteiger partial charge in [0.1, 0.15) is 0 Å². The number of hydrogen-bond donors (Lipinski definition) is 0. The standard InChI is InChI=1S/C6H10N.Ta/c1-3-5-7-6-4-2;/h3-4H,1-2,5-6H2;/q-1;+1. The van der Waals surface area contributed by atoms with Crippen LogP contribution in [0.25, 0.3) is 0 Å². The van der Waals surface area contributed by atoms with Crippen molar-refractivity contribution in [2.45, 2.75) is 0 Å². The van der Waals surface area contributed by atoms with E-state index in [9.17, 15) is 0 Å². The van der Waals surface area contributed by atoms with Crippen molar-refractivity contribution in [1.82, 2.24) is 3.30 Å². The van der Waals surface area contributed by atoms with Crippen molar-refractivity contribution < 1.29 is 21.3 Å². The topological polar surface area (TPSA) is 3.24 Å². The maximum absolute atomic E-state index is 3.62. The van der Waals surface area contributed by atoms with Gasteiger partial charge in [-0.1, -0.05) is 0 Å². The molecule has 0 spiro atoms. The summed E-state index contributed by atoms with van der Waals surface area (Å²) in [6.07, 6.45) is 3.81. The van der Waals surface area contributed by atoms with Crippen molar-refractivity contribution in [2.24, 2.45) is 0 Å². The molecule has 44 valence electrons. The van der Waals surface area contributed by atoms with Crippen LogP contribution in [-0.4, -0.2) is 16.4 Å². The van der Waals surface area contributed by atoms with Gasteiger partial charge in [-0.15, -0.1) is 0 Å². The van der Waals surface area contributed by atoms with Crippen LogP contribution in [0.5, 0.6) is 0 Å². The van der Waals surface area contributed by atoms with E-state index in [0.29, 0.717) is 0 Å². The van der Waals surface area contributed by atoms with E-state index in [0.717, 1.165) is 13.1 Å². The summed E-state index contributed by atoms with van der Waals surface area (Å²) in [5.74, 6) is 0. The van der Waals surface area contributed by atoms with Gasteiger partial charge in [-0.2, -0.15) is 0 Å². The van der Waals surface area contributed by atoms with Crippen LogP contribution in [-0.2, 0) is 21.3 Å². The molecular weight excluding hydrogens is 267 g/mol. The number of hydrogen-bond acceptors (Lipinski definition) is 1. The van der Waals surface area contributed by atoms with Gasteiger partial charge in [0, 0.05) is 0 Å². The molecule has 0 unspecified atom stereocenters. The molecule has 0 heterocycles. The molecule has 0 bridgehead atoms. The Morgan fingerprint density at radius 2 is 1.62 bits per heavy atom. The van der Waals surface area contributed by atoms with Gasteiger partial charge in [0.05, 0.1) is 0 Å². The third-order valence-electron chi connectivity index (χ3n) is 0.680. The van der Waals surface area contributed by atoms with E-state index in [1.807, 2.05) is 12.2 Å².